The Morgan fingerprint density at radius 3 is 2.88 bits per heavy atom. The lowest BCUT2D eigenvalue weighted by atomic mass is 9.99. The Bertz CT molecular complexity index is 483. The average molecular weight is 251 g/mol. The maximum absolute atomic E-state index is 11.3. The van der Waals surface area contributed by atoms with Crippen molar-refractivity contribution in [3.63, 3.8) is 0 Å². The average Bonchev–Trinajstić information content (AvgIpc) is 3.03. The molecule has 1 aromatic carbocycles. The number of carbonyl (C=O) groups excluding carboxylic acids is 1. The predicted octanol–water partition coefficient (Wildman–Crippen LogP) is 2.51. The number of amides is 1. The smallest absolute Gasteiger partial charge is 0.228 e. The van der Waals surface area contributed by atoms with E-state index in [1.54, 1.807) is 0 Å². The number of rotatable bonds is 3. The molecule has 0 aromatic heterocycles. The van der Waals surface area contributed by atoms with E-state index in [9.17, 15) is 4.79 Å². The minimum absolute atomic E-state index is 0.0562. The zero-order chi connectivity index (χ0) is 12.0. The molecule has 0 radical (unpaired) electrons. The van der Waals surface area contributed by atoms with Gasteiger partial charge in [0.15, 0.2) is 0 Å². The quantitative estimate of drug-likeness (QED) is 0.866. The van der Waals surface area contributed by atoms with E-state index in [0.717, 1.165) is 21.8 Å². The second-order valence-electron chi connectivity index (χ2n) is 4.86. The van der Waals surface area contributed by atoms with Crippen molar-refractivity contribution in [1.29, 1.82) is 0 Å². The van der Waals surface area contributed by atoms with Crippen LogP contribution in [0.5, 0.6) is 0 Å². The zero-order valence-electron chi connectivity index (χ0n) is 9.72. The monoisotopic (exact) mass is 250 g/mol. The normalized spacial score (nSPS) is 20.0. The molecule has 1 aliphatic heterocycles. The van der Waals surface area contributed by atoms with Gasteiger partial charge < -0.3 is 10.6 Å². The minimum Gasteiger partial charge on any atom is -0.325 e. The number of hydrogen-bond acceptors (Lipinski definition) is 2. The Morgan fingerprint density at radius 2 is 2.24 bits per heavy atom. The lowest BCUT2D eigenvalue weighted by Gasteiger charge is -2.18. The molecule has 1 aliphatic carbocycles. The van der Waals surface area contributed by atoms with Crippen molar-refractivity contribution >= 4 is 23.2 Å². The van der Waals surface area contributed by atoms with E-state index in [2.05, 4.69) is 16.7 Å². The summed E-state index contributed by atoms with van der Waals surface area (Å²) in [5.74, 6) is 0.751. The predicted molar refractivity (Wildman–Crippen MR) is 68.3 cm³/mol. The van der Waals surface area contributed by atoms with Gasteiger partial charge in [0.05, 0.1) is 6.42 Å². The third kappa shape index (κ3) is 1.94. The van der Waals surface area contributed by atoms with E-state index in [-0.39, 0.29) is 5.91 Å². The highest BCUT2D eigenvalue weighted by atomic mass is 35.5. The van der Waals surface area contributed by atoms with Gasteiger partial charge in [0.25, 0.3) is 0 Å². The molecule has 2 N–H and O–H groups in total. The van der Waals surface area contributed by atoms with Crippen LogP contribution in [0.1, 0.15) is 30.0 Å². The summed E-state index contributed by atoms with van der Waals surface area (Å²) in [7, 11) is 1.97. The number of hydrogen-bond donors (Lipinski definition) is 2. The fourth-order valence-electron chi connectivity index (χ4n) is 2.58. The van der Waals surface area contributed by atoms with Crippen LogP contribution in [-0.4, -0.2) is 13.0 Å². The van der Waals surface area contributed by atoms with Crippen molar-refractivity contribution in [2.75, 3.05) is 12.4 Å². The van der Waals surface area contributed by atoms with Crippen LogP contribution >= 0.6 is 11.6 Å². The van der Waals surface area contributed by atoms with Crippen molar-refractivity contribution < 1.29 is 4.79 Å². The minimum atomic E-state index is 0.0562. The Hall–Kier alpha value is -1.06. The van der Waals surface area contributed by atoms with Gasteiger partial charge in [-0.25, -0.2) is 0 Å². The summed E-state index contributed by atoms with van der Waals surface area (Å²) < 4.78 is 0. The van der Waals surface area contributed by atoms with Crippen LogP contribution in [0.15, 0.2) is 12.1 Å². The molecule has 0 bridgehead atoms. The third-order valence-electron chi connectivity index (χ3n) is 3.59. The van der Waals surface area contributed by atoms with Gasteiger partial charge in [-0.1, -0.05) is 17.7 Å². The van der Waals surface area contributed by atoms with Crippen molar-refractivity contribution in [2.45, 2.75) is 25.3 Å². The van der Waals surface area contributed by atoms with E-state index in [4.69, 9.17) is 11.6 Å². The number of anilines is 1. The molecule has 0 saturated heterocycles. The standard InChI is InChI=1S/C13H15ClN2O/c1-15-13(7-2-3-7)9-4-8-5-12(17)16-11(8)6-10(9)14/h4,6-7,13,15H,2-3,5H2,1H3,(H,16,17). The highest BCUT2D eigenvalue weighted by molar-refractivity contribution is 6.32. The molecule has 0 spiro atoms. The first kappa shape index (κ1) is 11.1. The Balaban J connectivity index is 2.00. The van der Waals surface area contributed by atoms with Crippen molar-refractivity contribution in [2.24, 2.45) is 5.92 Å². The maximum atomic E-state index is 11.3. The van der Waals surface area contributed by atoms with Crippen LogP contribution < -0.4 is 10.6 Å². The second-order valence-corrected chi connectivity index (χ2v) is 5.27. The molecular formula is C13H15ClN2O. The topological polar surface area (TPSA) is 41.1 Å². The molecule has 17 heavy (non-hydrogen) atoms. The maximum Gasteiger partial charge on any atom is 0.228 e. The zero-order valence-corrected chi connectivity index (χ0v) is 10.5. The Labute approximate surface area is 106 Å². The van der Waals surface area contributed by atoms with Gasteiger partial charge in [-0.2, -0.15) is 0 Å². The first-order valence-corrected chi connectivity index (χ1v) is 6.36. The van der Waals surface area contributed by atoms with Gasteiger partial charge in [-0.05, 0) is 43.0 Å². The molecule has 1 heterocycles. The highest BCUT2D eigenvalue weighted by Crippen LogP contribution is 2.44. The van der Waals surface area contributed by atoms with Crippen LogP contribution in [0.3, 0.4) is 0 Å². The first-order chi connectivity index (χ1) is 8.19. The Kier molecular flexibility index (Phi) is 2.60. The van der Waals surface area contributed by atoms with E-state index in [1.165, 1.54) is 12.8 Å². The molecule has 90 valence electrons. The molecule has 3 nitrogen and oxygen atoms in total. The van der Waals surface area contributed by atoms with Crippen LogP contribution in [0.2, 0.25) is 5.02 Å². The number of benzene rings is 1. The van der Waals surface area contributed by atoms with E-state index >= 15 is 0 Å². The fourth-order valence-corrected chi connectivity index (χ4v) is 2.86. The highest BCUT2D eigenvalue weighted by Gasteiger charge is 2.33. The summed E-state index contributed by atoms with van der Waals surface area (Å²) >= 11 is 6.31. The van der Waals surface area contributed by atoms with E-state index < -0.39 is 0 Å². The summed E-state index contributed by atoms with van der Waals surface area (Å²) in [5.41, 5.74) is 3.07. The number of carbonyl (C=O) groups is 1. The van der Waals surface area contributed by atoms with Gasteiger partial charge >= 0.3 is 0 Å². The van der Waals surface area contributed by atoms with Gasteiger partial charge in [0.2, 0.25) is 5.91 Å². The molecule has 1 aromatic rings. The van der Waals surface area contributed by atoms with Crippen LogP contribution in [-0.2, 0) is 11.2 Å². The second kappa shape index (κ2) is 4.00. The van der Waals surface area contributed by atoms with Crippen LogP contribution in [0.4, 0.5) is 5.69 Å². The third-order valence-corrected chi connectivity index (χ3v) is 3.91. The van der Waals surface area contributed by atoms with Gasteiger partial charge in [0, 0.05) is 16.8 Å². The van der Waals surface area contributed by atoms with Gasteiger partial charge in [-0.15, -0.1) is 0 Å². The van der Waals surface area contributed by atoms with Crippen molar-refractivity contribution in [1.82, 2.24) is 5.32 Å². The van der Waals surface area contributed by atoms with Crippen LogP contribution in [0.25, 0.3) is 0 Å². The SMILES string of the molecule is CNC(c1cc2c(cc1Cl)NC(=O)C2)C1CC1. The largest absolute Gasteiger partial charge is 0.325 e. The van der Waals surface area contributed by atoms with Crippen molar-refractivity contribution in [3.05, 3.63) is 28.3 Å². The number of halogens is 1. The molecule has 3 rings (SSSR count). The summed E-state index contributed by atoms with van der Waals surface area (Å²) in [6.07, 6.45) is 2.99. The Morgan fingerprint density at radius 1 is 1.47 bits per heavy atom. The molecule has 1 unspecified atom stereocenters. The fraction of sp³-hybridized carbons (Fsp3) is 0.462. The molecule has 1 saturated carbocycles. The molecule has 2 aliphatic rings. The summed E-state index contributed by atoms with van der Waals surface area (Å²) in [6, 6.07) is 4.28. The number of nitrogens with one attached hydrogen (secondary N) is 2. The summed E-state index contributed by atoms with van der Waals surface area (Å²) in [5, 5.41) is 6.90. The molecule has 1 atom stereocenters. The molecular weight excluding hydrogens is 236 g/mol. The first-order valence-electron chi connectivity index (χ1n) is 5.98. The lowest BCUT2D eigenvalue weighted by molar-refractivity contribution is -0.115. The van der Waals surface area contributed by atoms with E-state index in [1.807, 2.05) is 13.1 Å². The van der Waals surface area contributed by atoms with Crippen LogP contribution in [0, 0.1) is 5.92 Å². The molecule has 1 amide bonds. The van der Waals surface area contributed by atoms with Gasteiger partial charge in [0.1, 0.15) is 0 Å². The summed E-state index contributed by atoms with van der Waals surface area (Å²) in [4.78, 5) is 11.3. The number of fused-ring (bicyclic) bond motifs is 1. The molecule has 4 heteroatoms. The molecule has 1 fully saturated rings. The van der Waals surface area contributed by atoms with Crippen molar-refractivity contribution in [3.8, 4) is 0 Å². The van der Waals surface area contributed by atoms with Gasteiger partial charge in [-0.3, -0.25) is 4.79 Å². The van der Waals surface area contributed by atoms with E-state index in [0.29, 0.717) is 18.4 Å². The summed E-state index contributed by atoms with van der Waals surface area (Å²) in [6.45, 7) is 0. The lowest BCUT2D eigenvalue weighted by Crippen LogP contribution is -2.18.